The van der Waals surface area contributed by atoms with Crippen LogP contribution in [0, 0.1) is 6.92 Å². The van der Waals surface area contributed by atoms with E-state index in [1.54, 1.807) is 17.0 Å². The maximum absolute atomic E-state index is 13.1. The molecule has 1 atom stereocenters. The Hall–Kier alpha value is -2.92. The summed E-state index contributed by atoms with van der Waals surface area (Å²) in [6.45, 7) is 13.2. The van der Waals surface area contributed by atoms with Crippen molar-refractivity contribution in [3.8, 4) is 0 Å². The van der Waals surface area contributed by atoms with E-state index in [4.69, 9.17) is 0 Å². The van der Waals surface area contributed by atoms with Gasteiger partial charge in [0.2, 0.25) is 0 Å². The molecule has 0 spiro atoms. The minimum Gasteiger partial charge on any atom is -0.507 e. The van der Waals surface area contributed by atoms with E-state index < -0.39 is 17.7 Å². The van der Waals surface area contributed by atoms with Crippen molar-refractivity contribution in [2.75, 3.05) is 26.2 Å². The third-order valence-electron chi connectivity index (χ3n) is 6.34. The number of carbonyl (C=O) groups excluding carboxylic acids is 2. The number of aryl methyl sites for hydroxylation is 1. The van der Waals surface area contributed by atoms with Crippen LogP contribution in [0.5, 0.6) is 0 Å². The Morgan fingerprint density at radius 3 is 2.12 bits per heavy atom. The standard InChI is InChI=1S/C27H34N2O3/c1-6-28(7-2)16-17-29-24(21-14-12-20(13-15-21)18(3)4)23(26(31)27(29)32)25(30)22-10-8-19(5)9-11-22/h8-15,18,24,30H,6-7,16-17H2,1-5H3/t24-/m0/s1. The summed E-state index contributed by atoms with van der Waals surface area (Å²) in [4.78, 5) is 30.0. The Bertz CT molecular complexity index is 987. The lowest BCUT2D eigenvalue weighted by Gasteiger charge is -2.28. The molecule has 5 nitrogen and oxygen atoms in total. The minimum atomic E-state index is -0.624. The van der Waals surface area contributed by atoms with Crippen LogP contribution in [-0.2, 0) is 9.59 Å². The van der Waals surface area contributed by atoms with E-state index in [-0.39, 0.29) is 11.3 Å². The van der Waals surface area contributed by atoms with Crippen LogP contribution in [0.2, 0.25) is 0 Å². The molecule has 2 aromatic carbocycles. The second-order valence-corrected chi connectivity index (χ2v) is 8.71. The van der Waals surface area contributed by atoms with Crippen LogP contribution in [0.4, 0.5) is 0 Å². The van der Waals surface area contributed by atoms with Crippen molar-refractivity contribution in [1.82, 2.24) is 9.80 Å². The number of rotatable bonds is 8. The minimum absolute atomic E-state index is 0.119. The maximum Gasteiger partial charge on any atom is 0.295 e. The topological polar surface area (TPSA) is 60.9 Å². The molecule has 0 radical (unpaired) electrons. The third-order valence-corrected chi connectivity index (χ3v) is 6.34. The van der Waals surface area contributed by atoms with E-state index in [9.17, 15) is 14.7 Å². The van der Waals surface area contributed by atoms with Gasteiger partial charge >= 0.3 is 0 Å². The summed E-state index contributed by atoms with van der Waals surface area (Å²) >= 11 is 0. The van der Waals surface area contributed by atoms with Gasteiger partial charge in [0.25, 0.3) is 11.7 Å². The predicted octanol–water partition coefficient (Wildman–Crippen LogP) is 4.88. The van der Waals surface area contributed by atoms with Crippen molar-refractivity contribution in [3.05, 3.63) is 76.4 Å². The molecule has 170 valence electrons. The highest BCUT2D eigenvalue weighted by molar-refractivity contribution is 6.46. The molecule has 0 unspecified atom stereocenters. The van der Waals surface area contributed by atoms with E-state index in [1.165, 1.54) is 5.56 Å². The highest BCUT2D eigenvalue weighted by atomic mass is 16.3. The van der Waals surface area contributed by atoms with Gasteiger partial charge in [0.05, 0.1) is 11.6 Å². The Kier molecular flexibility index (Phi) is 7.52. The number of aliphatic hydroxyl groups is 1. The average Bonchev–Trinajstić information content (AvgIpc) is 3.04. The molecule has 2 aromatic rings. The number of likely N-dealkylation sites (N-methyl/N-ethyl adjacent to an activating group) is 1. The molecule has 0 aliphatic carbocycles. The molecule has 0 bridgehead atoms. The fourth-order valence-corrected chi connectivity index (χ4v) is 4.18. The molecule has 1 fully saturated rings. The van der Waals surface area contributed by atoms with E-state index >= 15 is 0 Å². The lowest BCUT2D eigenvalue weighted by atomic mass is 9.93. The Labute approximate surface area is 191 Å². The fourth-order valence-electron chi connectivity index (χ4n) is 4.18. The van der Waals surface area contributed by atoms with E-state index in [0.29, 0.717) is 24.6 Å². The summed E-state index contributed by atoms with van der Waals surface area (Å²) < 4.78 is 0. The number of hydrogen-bond acceptors (Lipinski definition) is 4. The molecule has 1 aliphatic heterocycles. The van der Waals surface area contributed by atoms with Gasteiger partial charge in [0, 0.05) is 18.7 Å². The molecule has 32 heavy (non-hydrogen) atoms. The highest BCUT2D eigenvalue weighted by Crippen LogP contribution is 2.39. The van der Waals surface area contributed by atoms with Gasteiger partial charge in [0.1, 0.15) is 5.76 Å². The predicted molar refractivity (Wildman–Crippen MR) is 129 cm³/mol. The number of carbonyl (C=O) groups is 2. The van der Waals surface area contributed by atoms with Crippen molar-refractivity contribution in [3.63, 3.8) is 0 Å². The number of nitrogens with zero attached hydrogens (tertiary/aromatic N) is 2. The van der Waals surface area contributed by atoms with Crippen LogP contribution >= 0.6 is 0 Å². The molecule has 5 heteroatoms. The zero-order chi connectivity index (χ0) is 23.4. The first-order valence-corrected chi connectivity index (χ1v) is 11.5. The van der Waals surface area contributed by atoms with Crippen molar-refractivity contribution in [2.45, 2.75) is 46.6 Å². The molecule has 0 aromatic heterocycles. The zero-order valence-corrected chi connectivity index (χ0v) is 19.8. The number of benzene rings is 2. The van der Waals surface area contributed by atoms with Crippen molar-refractivity contribution in [1.29, 1.82) is 0 Å². The summed E-state index contributed by atoms with van der Waals surface area (Å²) in [5.41, 5.74) is 3.79. The molecular formula is C27H34N2O3. The Morgan fingerprint density at radius 2 is 1.59 bits per heavy atom. The maximum atomic E-state index is 13.1. The number of amides is 1. The Morgan fingerprint density at radius 1 is 1.00 bits per heavy atom. The highest BCUT2D eigenvalue weighted by Gasteiger charge is 2.45. The largest absolute Gasteiger partial charge is 0.507 e. The number of aliphatic hydroxyl groups excluding tert-OH is 1. The van der Waals surface area contributed by atoms with Gasteiger partial charge in [-0.1, -0.05) is 81.8 Å². The summed E-state index contributed by atoms with van der Waals surface area (Å²) in [6, 6.07) is 14.8. The molecule has 1 amide bonds. The SMILES string of the molecule is CCN(CC)CCN1C(=O)C(=O)C(=C(O)c2ccc(C)cc2)[C@@H]1c1ccc(C(C)C)cc1. The second-order valence-electron chi connectivity index (χ2n) is 8.71. The first-order chi connectivity index (χ1) is 15.3. The van der Waals surface area contributed by atoms with Crippen molar-refractivity contribution >= 4 is 17.4 Å². The van der Waals surface area contributed by atoms with Crippen LogP contribution in [0.3, 0.4) is 0 Å². The van der Waals surface area contributed by atoms with Gasteiger partial charge in [0.15, 0.2) is 0 Å². The molecule has 1 saturated heterocycles. The number of likely N-dealkylation sites (tertiary alicyclic amines) is 1. The van der Waals surface area contributed by atoms with Gasteiger partial charge in [-0.15, -0.1) is 0 Å². The lowest BCUT2D eigenvalue weighted by Crippen LogP contribution is -2.38. The Balaban J connectivity index is 2.09. The van der Waals surface area contributed by atoms with Crippen LogP contribution in [0.25, 0.3) is 5.76 Å². The van der Waals surface area contributed by atoms with Gasteiger partial charge in [-0.2, -0.15) is 0 Å². The van der Waals surface area contributed by atoms with Crippen molar-refractivity contribution < 1.29 is 14.7 Å². The van der Waals surface area contributed by atoms with Crippen LogP contribution in [0.1, 0.15) is 61.9 Å². The normalized spacial score (nSPS) is 18.2. The van der Waals surface area contributed by atoms with E-state index in [1.807, 2.05) is 43.3 Å². The molecule has 1 heterocycles. The quantitative estimate of drug-likeness (QED) is 0.365. The summed E-state index contributed by atoms with van der Waals surface area (Å²) in [5, 5.41) is 11.1. The number of ketones is 1. The number of hydrogen-bond donors (Lipinski definition) is 1. The molecule has 1 aliphatic rings. The zero-order valence-electron chi connectivity index (χ0n) is 19.8. The summed E-state index contributed by atoms with van der Waals surface area (Å²) in [5.74, 6) is -0.915. The van der Waals surface area contributed by atoms with Gasteiger partial charge < -0.3 is 14.9 Å². The average molecular weight is 435 g/mol. The molecule has 0 saturated carbocycles. The van der Waals surface area contributed by atoms with Gasteiger partial charge in [-0.3, -0.25) is 9.59 Å². The smallest absolute Gasteiger partial charge is 0.295 e. The van der Waals surface area contributed by atoms with Crippen LogP contribution in [0.15, 0.2) is 54.1 Å². The lowest BCUT2D eigenvalue weighted by molar-refractivity contribution is -0.140. The van der Waals surface area contributed by atoms with Crippen LogP contribution in [-0.4, -0.2) is 52.8 Å². The second kappa shape index (κ2) is 10.1. The number of Topliss-reactive ketones (excluding diaryl/α,β-unsaturated/α-hetero) is 1. The van der Waals surface area contributed by atoms with E-state index in [2.05, 4.69) is 32.6 Å². The first-order valence-electron chi connectivity index (χ1n) is 11.5. The van der Waals surface area contributed by atoms with Crippen LogP contribution < -0.4 is 0 Å². The molecule has 3 rings (SSSR count). The summed E-state index contributed by atoms with van der Waals surface area (Å²) in [7, 11) is 0. The van der Waals surface area contributed by atoms with E-state index in [0.717, 1.165) is 24.2 Å². The molecule has 1 N–H and O–H groups in total. The fraction of sp³-hybridized carbons (Fsp3) is 0.407. The summed E-state index contributed by atoms with van der Waals surface area (Å²) in [6.07, 6.45) is 0. The van der Waals surface area contributed by atoms with Gasteiger partial charge in [-0.25, -0.2) is 0 Å². The monoisotopic (exact) mass is 434 g/mol. The third kappa shape index (κ3) is 4.78. The molecular weight excluding hydrogens is 400 g/mol. The first kappa shape index (κ1) is 23.7. The van der Waals surface area contributed by atoms with Gasteiger partial charge in [-0.05, 0) is 37.1 Å². The van der Waals surface area contributed by atoms with Crippen molar-refractivity contribution in [2.24, 2.45) is 0 Å².